The number of carbonyl (C=O) groups is 1. The van der Waals surface area contributed by atoms with Crippen molar-refractivity contribution in [3.05, 3.63) is 35.1 Å². The van der Waals surface area contributed by atoms with E-state index >= 15 is 0 Å². The summed E-state index contributed by atoms with van der Waals surface area (Å²) >= 11 is 0. The molecule has 0 bridgehead atoms. The lowest BCUT2D eigenvalue weighted by atomic mass is 10.1. The molecule has 1 rings (SSSR count). The van der Waals surface area contributed by atoms with Gasteiger partial charge in [-0.15, -0.1) is 0 Å². The summed E-state index contributed by atoms with van der Waals surface area (Å²) in [7, 11) is 3.42. The standard InChI is InChI=1S/C15H20FN3O/c1-4-5-19(11-15(20)18(2)3)10-13-6-12(9-17)7-14(16)8-13/h6-8H,4-5,10-11H2,1-3H3. The first-order valence-corrected chi connectivity index (χ1v) is 6.58. The summed E-state index contributed by atoms with van der Waals surface area (Å²) in [6.45, 7) is 3.52. The Bertz CT molecular complexity index is 508. The van der Waals surface area contributed by atoms with E-state index in [2.05, 4.69) is 0 Å². The van der Waals surface area contributed by atoms with Crippen LogP contribution in [0.15, 0.2) is 18.2 Å². The van der Waals surface area contributed by atoms with Crippen molar-refractivity contribution in [3.8, 4) is 6.07 Å². The Morgan fingerprint density at radius 2 is 2.05 bits per heavy atom. The molecule has 1 aromatic carbocycles. The molecule has 0 aliphatic rings. The van der Waals surface area contributed by atoms with Crippen LogP contribution in [0.4, 0.5) is 4.39 Å². The van der Waals surface area contributed by atoms with Gasteiger partial charge in [0.25, 0.3) is 0 Å². The van der Waals surface area contributed by atoms with E-state index in [0.717, 1.165) is 13.0 Å². The topological polar surface area (TPSA) is 47.3 Å². The molecule has 0 aliphatic carbocycles. The lowest BCUT2D eigenvalue weighted by Crippen LogP contribution is -2.36. The van der Waals surface area contributed by atoms with E-state index in [1.807, 2.05) is 17.9 Å². The average Bonchev–Trinajstić information content (AvgIpc) is 2.37. The molecule has 0 aromatic heterocycles. The molecule has 0 atom stereocenters. The number of rotatable bonds is 6. The van der Waals surface area contributed by atoms with Crippen LogP contribution < -0.4 is 0 Å². The molecule has 20 heavy (non-hydrogen) atoms. The fourth-order valence-corrected chi connectivity index (χ4v) is 1.93. The van der Waals surface area contributed by atoms with Crippen LogP contribution in [0.5, 0.6) is 0 Å². The number of carbonyl (C=O) groups excluding carboxylic acids is 1. The highest BCUT2D eigenvalue weighted by Gasteiger charge is 2.13. The van der Waals surface area contributed by atoms with Crippen LogP contribution in [0.2, 0.25) is 0 Å². The Morgan fingerprint density at radius 3 is 2.60 bits per heavy atom. The number of halogens is 1. The van der Waals surface area contributed by atoms with Crippen molar-refractivity contribution >= 4 is 5.91 Å². The maximum absolute atomic E-state index is 13.4. The highest BCUT2D eigenvalue weighted by atomic mass is 19.1. The Morgan fingerprint density at radius 1 is 1.35 bits per heavy atom. The number of hydrogen-bond donors (Lipinski definition) is 0. The zero-order valence-electron chi connectivity index (χ0n) is 12.2. The third-order valence-electron chi connectivity index (χ3n) is 2.89. The number of likely N-dealkylation sites (N-methyl/N-ethyl adjacent to an activating group) is 1. The van der Waals surface area contributed by atoms with Crippen LogP contribution in [0.25, 0.3) is 0 Å². The molecule has 0 heterocycles. The van der Waals surface area contributed by atoms with Crippen LogP contribution in [-0.4, -0.2) is 42.9 Å². The van der Waals surface area contributed by atoms with E-state index in [9.17, 15) is 9.18 Å². The van der Waals surface area contributed by atoms with Gasteiger partial charge in [0.15, 0.2) is 0 Å². The number of hydrogen-bond acceptors (Lipinski definition) is 3. The minimum absolute atomic E-state index is 0.00959. The summed E-state index contributed by atoms with van der Waals surface area (Å²) in [6.07, 6.45) is 0.904. The van der Waals surface area contributed by atoms with Crippen molar-refractivity contribution in [2.45, 2.75) is 19.9 Å². The molecule has 0 unspecified atom stereocenters. The van der Waals surface area contributed by atoms with Gasteiger partial charge in [-0.1, -0.05) is 6.92 Å². The van der Waals surface area contributed by atoms with Gasteiger partial charge in [0.2, 0.25) is 5.91 Å². The summed E-state index contributed by atoms with van der Waals surface area (Å²) in [4.78, 5) is 15.3. The third kappa shape index (κ3) is 4.98. The predicted octanol–water partition coefficient (Wildman–Crippen LogP) is 2.00. The first kappa shape index (κ1) is 16.1. The summed E-state index contributed by atoms with van der Waals surface area (Å²) in [5, 5.41) is 8.85. The third-order valence-corrected chi connectivity index (χ3v) is 2.89. The van der Waals surface area contributed by atoms with Gasteiger partial charge in [0, 0.05) is 20.6 Å². The highest BCUT2D eigenvalue weighted by Crippen LogP contribution is 2.11. The highest BCUT2D eigenvalue weighted by molar-refractivity contribution is 5.77. The number of amides is 1. The van der Waals surface area contributed by atoms with E-state index in [1.165, 1.54) is 17.0 Å². The first-order chi connectivity index (χ1) is 9.46. The largest absolute Gasteiger partial charge is 0.348 e. The van der Waals surface area contributed by atoms with Crippen molar-refractivity contribution in [1.82, 2.24) is 9.80 Å². The molecule has 0 spiro atoms. The van der Waals surface area contributed by atoms with Crippen LogP contribution in [0, 0.1) is 17.1 Å². The van der Waals surface area contributed by atoms with Gasteiger partial charge in [-0.05, 0) is 36.7 Å². The molecule has 5 heteroatoms. The van der Waals surface area contributed by atoms with Gasteiger partial charge >= 0.3 is 0 Å². The minimum Gasteiger partial charge on any atom is -0.348 e. The Kier molecular flexibility index (Phi) is 6.13. The number of nitriles is 1. The predicted molar refractivity (Wildman–Crippen MR) is 75.4 cm³/mol. The van der Waals surface area contributed by atoms with Crippen LogP contribution >= 0.6 is 0 Å². The van der Waals surface area contributed by atoms with E-state index in [-0.39, 0.29) is 5.91 Å². The van der Waals surface area contributed by atoms with E-state index < -0.39 is 5.82 Å². The van der Waals surface area contributed by atoms with Gasteiger partial charge in [0.1, 0.15) is 5.82 Å². The summed E-state index contributed by atoms with van der Waals surface area (Å²) in [5.41, 5.74) is 1.01. The van der Waals surface area contributed by atoms with Gasteiger partial charge in [-0.3, -0.25) is 9.69 Å². The van der Waals surface area contributed by atoms with E-state index in [4.69, 9.17) is 5.26 Å². The maximum atomic E-state index is 13.4. The van der Waals surface area contributed by atoms with Gasteiger partial charge < -0.3 is 4.90 Å². The minimum atomic E-state index is -0.422. The van der Waals surface area contributed by atoms with Crippen molar-refractivity contribution in [3.63, 3.8) is 0 Å². The summed E-state index contributed by atoms with van der Waals surface area (Å²) in [5.74, 6) is -0.412. The molecule has 0 aliphatic heterocycles. The maximum Gasteiger partial charge on any atom is 0.236 e. The molecule has 0 fully saturated rings. The molecular weight excluding hydrogens is 257 g/mol. The molecule has 0 radical (unpaired) electrons. The SMILES string of the molecule is CCCN(CC(=O)N(C)C)Cc1cc(F)cc(C#N)c1. The van der Waals surface area contributed by atoms with E-state index in [1.54, 1.807) is 20.2 Å². The van der Waals surface area contributed by atoms with E-state index in [0.29, 0.717) is 24.2 Å². The van der Waals surface area contributed by atoms with Crippen molar-refractivity contribution < 1.29 is 9.18 Å². The molecule has 1 aromatic rings. The smallest absolute Gasteiger partial charge is 0.236 e. The molecule has 108 valence electrons. The zero-order chi connectivity index (χ0) is 15.1. The Labute approximate surface area is 119 Å². The monoisotopic (exact) mass is 277 g/mol. The number of nitrogens with zero attached hydrogens (tertiary/aromatic N) is 3. The van der Waals surface area contributed by atoms with Gasteiger partial charge in [-0.25, -0.2) is 4.39 Å². The Balaban J connectivity index is 2.82. The summed E-state index contributed by atoms with van der Waals surface area (Å²) < 4.78 is 13.4. The lowest BCUT2D eigenvalue weighted by Gasteiger charge is -2.23. The van der Waals surface area contributed by atoms with Crippen LogP contribution in [0.1, 0.15) is 24.5 Å². The second kappa shape index (κ2) is 7.61. The normalized spacial score (nSPS) is 10.4. The van der Waals surface area contributed by atoms with Crippen LogP contribution in [-0.2, 0) is 11.3 Å². The molecule has 4 nitrogen and oxygen atoms in total. The molecule has 0 saturated heterocycles. The fraction of sp³-hybridized carbons (Fsp3) is 0.467. The second-order valence-electron chi connectivity index (χ2n) is 4.96. The van der Waals surface area contributed by atoms with Crippen molar-refractivity contribution in [1.29, 1.82) is 5.26 Å². The van der Waals surface area contributed by atoms with Crippen LogP contribution in [0.3, 0.4) is 0 Å². The second-order valence-corrected chi connectivity index (χ2v) is 4.96. The average molecular weight is 277 g/mol. The zero-order valence-corrected chi connectivity index (χ0v) is 12.2. The fourth-order valence-electron chi connectivity index (χ4n) is 1.93. The first-order valence-electron chi connectivity index (χ1n) is 6.58. The Hall–Kier alpha value is -1.93. The summed E-state index contributed by atoms with van der Waals surface area (Å²) in [6, 6.07) is 6.21. The molecule has 0 N–H and O–H groups in total. The van der Waals surface area contributed by atoms with Crippen molar-refractivity contribution in [2.75, 3.05) is 27.2 Å². The van der Waals surface area contributed by atoms with Gasteiger partial charge in [-0.2, -0.15) is 5.26 Å². The molecular formula is C15H20FN3O. The molecule has 0 saturated carbocycles. The lowest BCUT2D eigenvalue weighted by molar-refractivity contribution is -0.130. The number of benzene rings is 1. The van der Waals surface area contributed by atoms with Gasteiger partial charge in [0.05, 0.1) is 18.2 Å². The quantitative estimate of drug-likeness (QED) is 0.799. The molecule has 1 amide bonds. The van der Waals surface area contributed by atoms with Crippen molar-refractivity contribution in [2.24, 2.45) is 0 Å².